The molecule has 0 radical (unpaired) electrons. The largest absolute Gasteiger partial charge is 0.338 e. The van der Waals surface area contributed by atoms with Crippen LogP contribution in [0.3, 0.4) is 0 Å². The Morgan fingerprint density at radius 3 is 2.43 bits per heavy atom. The van der Waals surface area contributed by atoms with Gasteiger partial charge in [-0.25, -0.2) is 0 Å². The zero-order chi connectivity index (χ0) is 20.9. The third-order valence-corrected chi connectivity index (χ3v) is 5.42. The number of hydrogen-bond donors (Lipinski definition) is 2. The average Bonchev–Trinajstić information content (AvgIpc) is 2.79. The molecule has 1 atom stereocenters. The summed E-state index contributed by atoms with van der Waals surface area (Å²) in [5.74, 6) is -0.152. The molecule has 1 aromatic heterocycles. The first-order chi connectivity index (χ1) is 14.6. The number of nitrogens with zero attached hydrogens (tertiary/aromatic N) is 2. The van der Waals surface area contributed by atoms with Crippen molar-refractivity contribution in [2.75, 3.05) is 11.9 Å². The standard InChI is InChI=1S/C24H24N4O2/c25-22(15-23(29)28-14-11-17-3-1-2-4-20(17)16-28)18-5-7-19(8-6-18)24(30)27-21-9-12-26-13-10-21/h1-10,12-13,22H,11,14-16,25H2,(H,26,27,30). The van der Waals surface area contributed by atoms with E-state index in [1.54, 1.807) is 36.7 Å². The van der Waals surface area contributed by atoms with E-state index in [4.69, 9.17) is 5.73 Å². The number of fused-ring (bicyclic) bond motifs is 1. The molecule has 0 saturated heterocycles. The van der Waals surface area contributed by atoms with Crippen LogP contribution in [0.4, 0.5) is 5.69 Å². The van der Waals surface area contributed by atoms with Gasteiger partial charge < -0.3 is 16.0 Å². The predicted octanol–water partition coefficient (Wildman–Crippen LogP) is 3.31. The molecule has 1 unspecified atom stereocenters. The Hall–Kier alpha value is -3.51. The third kappa shape index (κ3) is 4.55. The van der Waals surface area contributed by atoms with Crippen molar-refractivity contribution in [1.29, 1.82) is 0 Å². The highest BCUT2D eigenvalue weighted by atomic mass is 16.2. The van der Waals surface area contributed by atoms with Crippen LogP contribution in [0.5, 0.6) is 0 Å². The van der Waals surface area contributed by atoms with Gasteiger partial charge in [-0.3, -0.25) is 14.6 Å². The van der Waals surface area contributed by atoms with Gasteiger partial charge >= 0.3 is 0 Å². The quantitative estimate of drug-likeness (QED) is 0.688. The molecule has 1 aliphatic heterocycles. The highest BCUT2D eigenvalue weighted by Crippen LogP contribution is 2.22. The van der Waals surface area contributed by atoms with Crippen molar-refractivity contribution >= 4 is 17.5 Å². The van der Waals surface area contributed by atoms with Crippen LogP contribution in [0.1, 0.15) is 39.5 Å². The number of anilines is 1. The van der Waals surface area contributed by atoms with Gasteiger partial charge in [0.1, 0.15) is 0 Å². The zero-order valence-electron chi connectivity index (χ0n) is 16.6. The second-order valence-electron chi connectivity index (χ2n) is 7.46. The lowest BCUT2D eigenvalue weighted by atomic mass is 9.98. The second-order valence-corrected chi connectivity index (χ2v) is 7.46. The summed E-state index contributed by atoms with van der Waals surface area (Å²) in [5.41, 5.74) is 10.9. The number of pyridine rings is 1. The Balaban J connectivity index is 1.35. The minimum atomic E-state index is -0.410. The molecule has 0 spiro atoms. The van der Waals surface area contributed by atoms with Crippen molar-refractivity contribution < 1.29 is 9.59 Å². The van der Waals surface area contributed by atoms with E-state index in [1.165, 1.54) is 11.1 Å². The van der Waals surface area contributed by atoms with Gasteiger partial charge in [-0.05, 0) is 47.4 Å². The molecule has 2 amide bonds. The molecule has 30 heavy (non-hydrogen) atoms. The summed E-state index contributed by atoms with van der Waals surface area (Å²) >= 11 is 0. The van der Waals surface area contributed by atoms with Gasteiger partial charge in [0.15, 0.2) is 0 Å². The van der Waals surface area contributed by atoms with Crippen LogP contribution >= 0.6 is 0 Å². The van der Waals surface area contributed by atoms with Crippen molar-refractivity contribution in [2.45, 2.75) is 25.4 Å². The monoisotopic (exact) mass is 400 g/mol. The number of nitrogens with two attached hydrogens (primary N) is 1. The minimum Gasteiger partial charge on any atom is -0.338 e. The molecule has 3 aromatic rings. The fraction of sp³-hybridized carbons (Fsp3) is 0.208. The minimum absolute atomic E-state index is 0.0523. The highest BCUT2D eigenvalue weighted by molar-refractivity contribution is 6.04. The summed E-state index contributed by atoms with van der Waals surface area (Å²) < 4.78 is 0. The molecular formula is C24H24N4O2. The van der Waals surface area contributed by atoms with Crippen LogP contribution in [0.15, 0.2) is 73.1 Å². The van der Waals surface area contributed by atoms with Crippen LogP contribution < -0.4 is 11.1 Å². The Morgan fingerprint density at radius 1 is 1.00 bits per heavy atom. The van der Waals surface area contributed by atoms with Gasteiger partial charge in [0.25, 0.3) is 5.91 Å². The van der Waals surface area contributed by atoms with E-state index in [0.29, 0.717) is 17.8 Å². The maximum absolute atomic E-state index is 12.7. The molecule has 152 valence electrons. The summed E-state index contributed by atoms with van der Waals surface area (Å²) in [6.45, 7) is 1.35. The highest BCUT2D eigenvalue weighted by Gasteiger charge is 2.22. The molecule has 0 aliphatic carbocycles. The van der Waals surface area contributed by atoms with Crippen LogP contribution in [-0.4, -0.2) is 28.2 Å². The van der Waals surface area contributed by atoms with Crippen molar-refractivity contribution in [3.63, 3.8) is 0 Å². The Bertz CT molecular complexity index is 1030. The topological polar surface area (TPSA) is 88.3 Å². The molecule has 2 heterocycles. The Labute approximate surface area is 175 Å². The maximum atomic E-state index is 12.7. The molecule has 2 aromatic carbocycles. The van der Waals surface area contributed by atoms with E-state index < -0.39 is 6.04 Å². The number of rotatable bonds is 5. The van der Waals surface area contributed by atoms with Crippen molar-refractivity contribution in [3.8, 4) is 0 Å². The van der Waals surface area contributed by atoms with Crippen LogP contribution in [0.2, 0.25) is 0 Å². The molecule has 6 heteroatoms. The first-order valence-electron chi connectivity index (χ1n) is 10.0. The number of nitrogens with one attached hydrogen (secondary N) is 1. The number of aromatic nitrogens is 1. The fourth-order valence-corrected chi connectivity index (χ4v) is 3.66. The summed E-state index contributed by atoms with van der Waals surface area (Å²) in [7, 11) is 0. The summed E-state index contributed by atoms with van der Waals surface area (Å²) in [5, 5.41) is 2.82. The number of amides is 2. The first kappa shape index (κ1) is 19.8. The number of benzene rings is 2. The first-order valence-corrected chi connectivity index (χ1v) is 10.0. The molecule has 1 aliphatic rings. The fourth-order valence-electron chi connectivity index (χ4n) is 3.66. The van der Waals surface area contributed by atoms with Crippen LogP contribution in [0.25, 0.3) is 0 Å². The van der Waals surface area contributed by atoms with Gasteiger partial charge in [-0.2, -0.15) is 0 Å². The average molecular weight is 400 g/mol. The van der Waals surface area contributed by atoms with E-state index in [2.05, 4.69) is 22.4 Å². The molecule has 6 nitrogen and oxygen atoms in total. The summed E-state index contributed by atoms with van der Waals surface area (Å²) in [4.78, 5) is 30.9. The predicted molar refractivity (Wildman–Crippen MR) is 116 cm³/mol. The maximum Gasteiger partial charge on any atom is 0.255 e. The number of carbonyl (C=O) groups excluding carboxylic acids is 2. The molecule has 0 bridgehead atoms. The van der Waals surface area contributed by atoms with E-state index in [0.717, 1.165) is 18.5 Å². The molecule has 4 rings (SSSR count). The van der Waals surface area contributed by atoms with E-state index in [1.807, 2.05) is 29.2 Å². The zero-order valence-corrected chi connectivity index (χ0v) is 16.6. The third-order valence-electron chi connectivity index (χ3n) is 5.42. The number of carbonyl (C=O) groups is 2. The molecular weight excluding hydrogens is 376 g/mol. The van der Waals surface area contributed by atoms with Gasteiger partial charge in [-0.15, -0.1) is 0 Å². The lowest BCUT2D eigenvalue weighted by Gasteiger charge is -2.29. The van der Waals surface area contributed by atoms with Crippen LogP contribution in [0, 0.1) is 0 Å². The lowest BCUT2D eigenvalue weighted by molar-refractivity contribution is -0.132. The summed E-state index contributed by atoms with van der Waals surface area (Å²) in [6, 6.07) is 18.4. The van der Waals surface area contributed by atoms with E-state index in [-0.39, 0.29) is 18.2 Å². The molecule has 0 fully saturated rings. The van der Waals surface area contributed by atoms with E-state index in [9.17, 15) is 9.59 Å². The lowest BCUT2D eigenvalue weighted by Crippen LogP contribution is -2.37. The van der Waals surface area contributed by atoms with Crippen molar-refractivity contribution in [1.82, 2.24) is 9.88 Å². The van der Waals surface area contributed by atoms with E-state index >= 15 is 0 Å². The van der Waals surface area contributed by atoms with Crippen molar-refractivity contribution in [3.05, 3.63) is 95.3 Å². The normalized spacial score (nSPS) is 14.0. The number of hydrogen-bond acceptors (Lipinski definition) is 4. The van der Waals surface area contributed by atoms with Gasteiger partial charge in [0.2, 0.25) is 5.91 Å². The van der Waals surface area contributed by atoms with Crippen molar-refractivity contribution in [2.24, 2.45) is 5.73 Å². The van der Waals surface area contributed by atoms with Gasteiger partial charge in [0, 0.05) is 49.2 Å². The van der Waals surface area contributed by atoms with Crippen LogP contribution in [-0.2, 0) is 17.8 Å². The molecule has 3 N–H and O–H groups in total. The second kappa shape index (κ2) is 8.88. The smallest absolute Gasteiger partial charge is 0.255 e. The Kier molecular flexibility index (Phi) is 5.86. The van der Waals surface area contributed by atoms with Gasteiger partial charge in [-0.1, -0.05) is 36.4 Å². The summed E-state index contributed by atoms with van der Waals surface area (Å²) in [6.07, 6.45) is 4.36. The Morgan fingerprint density at radius 2 is 1.70 bits per heavy atom. The SMILES string of the molecule is NC(CC(=O)N1CCc2ccccc2C1)c1ccc(C(=O)Nc2ccncc2)cc1. The van der Waals surface area contributed by atoms with Gasteiger partial charge in [0.05, 0.1) is 0 Å². The molecule has 0 saturated carbocycles.